The van der Waals surface area contributed by atoms with Crippen LogP contribution in [0.2, 0.25) is 0 Å². The lowest BCUT2D eigenvalue weighted by molar-refractivity contribution is 0.0314. The van der Waals surface area contributed by atoms with Gasteiger partial charge in [0.05, 0.1) is 5.60 Å². The Morgan fingerprint density at radius 2 is 2.10 bits per heavy atom. The van der Waals surface area contributed by atoms with Gasteiger partial charge in [-0.25, -0.2) is 4.98 Å². The second-order valence-electron chi connectivity index (χ2n) is 5.03. The molecule has 0 aliphatic rings. The van der Waals surface area contributed by atoms with Gasteiger partial charge in [0.15, 0.2) is 5.01 Å². The molecule has 0 unspecified atom stereocenters. The third-order valence-corrected chi connectivity index (χ3v) is 3.33. The van der Waals surface area contributed by atoms with E-state index in [-0.39, 0.29) is 29.1 Å². The molecule has 0 bridgehead atoms. The van der Waals surface area contributed by atoms with Crippen molar-refractivity contribution in [1.82, 2.24) is 15.2 Å². The molecule has 0 saturated heterocycles. The highest BCUT2D eigenvalue weighted by Crippen LogP contribution is 2.14. The Bertz CT molecular complexity index is 479. The summed E-state index contributed by atoms with van der Waals surface area (Å²) in [6.45, 7) is 8.15. The molecule has 1 rings (SSSR count). The standard InChI is InChI=1S/C13H21N3O3S/c1-5-14-10(17)9-7-20-11(15-9)12(18)16(6-2)8-13(3,4)19/h7,19H,5-6,8H2,1-4H3,(H,14,17). The van der Waals surface area contributed by atoms with Crippen molar-refractivity contribution < 1.29 is 14.7 Å². The second kappa shape index (κ2) is 6.81. The number of thiazole rings is 1. The van der Waals surface area contributed by atoms with E-state index in [4.69, 9.17) is 0 Å². The maximum absolute atomic E-state index is 12.3. The number of aliphatic hydroxyl groups is 1. The third-order valence-electron chi connectivity index (χ3n) is 2.50. The highest BCUT2D eigenvalue weighted by atomic mass is 32.1. The summed E-state index contributed by atoms with van der Waals surface area (Å²) < 4.78 is 0. The number of nitrogens with one attached hydrogen (secondary N) is 1. The smallest absolute Gasteiger partial charge is 0.282 e. The summed E-state index contributed by atoms with van der Waals surface area (Å²) in [6.07, 6.45) is 0. The minimum Gasteiger partial charge on any atom is -0.389 e. The first-order chi connectivity index (χ1) is 9.28. The Morgan fingerprint density at radius 3 is 2.60 bits per heavy atom. The Labute approximate surface area is 122 Å². The van der Waals surface area contributed by atoms with Crippen LogP contribution in [0.3, 0.4) is 0 Å². The van der Waals surface area contributed by atoms with Crippen molar-refractivity contribution in [1.29, 1.82) is 0 Å². The molecule has 20 heavy (non-hydrogen) atoms. The number of likely N-dealkylation sites (N-methyl/N-ethyl adjacent to an activating group) is 1. The molecular formula is C13H21N3O3S. The molecule has 112 valence electrons. The number of carbonyl (C=O) groups is 2. The molecule has 0 aliphatic heterocycles. The van der Waals surface area contributed by atoms with Crippen molar-refractivity contribution >= 4 is 23.2 Å². The van der Waals surface area contributed by atoms with Crippen molar-refractivity contribution in [2.45, 2.75) is 33.3 Å². The molecule has 2 N–H and O–H groups in total. The molecule has 0 radical (unpaired) electrons. The molecule has 6 nitrogen and oxygen atoms in total. The van der Waals surface area contributed by atoms with E-state index in [0.29, 0.717) is 13.1 Å². The maximum Gasteiger partial charge on any atom is 0.282 e. The van der Waals surface area contributed by atoms with Crippen LogP contribution in [-0.4, -0.2) is 52.0 Å². The van der Waals surface area contributed by atoms with Crippen molar-refractivity contribution in [2.75, 3.05) is 19.6 Å². The number of carbonyl (C=O) groups excluding carboxylic acids is 2. The van der Waals surface area contributed by atoms with Crippen LogP contribution in [0.5, 0.6) is 0 Å². The van der Waals surface area contributed by atoms with E-state index in [9.17, 15) is 14.7 Å². The van der Waals surface area contributed by atoms with Gasteiger partial charge in [-0.05, 0) is 27.7 Å². The van der Waals surface area contributed by atoms with Crippen LogP contribution in [0.4, 0.5) is 0 Å². The van der Waals surface area contributed by atoms with E-state index >= 15 is 0 Å². The zero-order valence-corrected chi connectivity index (χ0v) is 13.1. The van der Waals surface area contributed by atoms with Crippen LogP contribution in [0, 0.1) is 0 Å². The van der Waals surface area contributed by atoms with Crippen LogP contribution < -0.4 is 5.32 Å². The van der Waals surface area contributed by atoms with Gasteiger partial charge >= 0.3 is 0 Å². The highest BCUT2D eigenvalue weighted by molar-refractivity contribution is 7.11. The van der Waals surface area contributed by atoms with E-state index in [1.54, 1.807) is 19.2 Å². The summed E-state index contributed by atoms with van der Waals surface area (Å²) in [4.78, 5) is 29.5. The molecular weight excluding hydrogens is 278 g/mol. The summed E-state index contributed by atoms with van der Waals surface area (Å²) >= 11 is 1.14. The molecule has 0 spiro atoms. The van der Waals surface area contributed by atoms with Gasteiger partial charge < -0.3 is 15.3 Å². The topological polar surface area (TPSA) is 82.5 Å². The van der Waals surface area contributed by atoms with Gasteiger partial charge in [0.2, 0.25) is 0 Å². The molecule has 0 aliphatic carbocycles. The maximum atomic E-state index is 12.3. The molecule has 1 aromatic heterocycles. The second-order valence-corrected chi connectivity index (χ2v) is 5.89. The number of hydrogen-bond acceptors (Lipinski definition) is 5. The number of hydrogen-bond donors (Lipinski definition) is 2. The zero-order chi connectivity index (χ0) is 15.3. The van der Waals surface area contributed by atoms with Crippen molar-refractivity contribution in [2.24, 2.45) is 0 Å². The molecule has 1 heterocycles. The average molecular weight is 299 g/mol. The normalized spacial score (nSPS) is 11.2. The Hall–Kier alpha value is -1.47. The lowest BCUT2D eigenvalue weighted by Crippen LogP contribution is -2.42. The van der Waals surface area contributed by atoms with Gasteiger partial charge in [-0.3, -0.25) is 9.59 Å². The lowest BCUT2D eigenvalue weighted by atomic mass is 10.1. The van der Waals surface area contributed by atoms with Gasteiger partial charge in [0, 0.05) is 25.0 Å². The number of rotatable bonds is 6. The van der Waals surface area contributed by atoms with E-state index in [0.717, 1.165) is 11.3 Å². The lowest BCUT2D eigenvalue weighted by Gasteiger charge is -2.27. The van der Waals surface area contributed by atoms with Crippen LogP contribution >= 0.6 is 11.3 Å². The molecule has 0 saturated carbocycles. The SMILES string of the molecule is CCNC(=O)c1csc(C(=O)N(CC)CC(C)(C)O)n1. The van der Waals surface area contributed by atoms with Crippen molar-refractivity contribution in [3.05, 3.63) is 16.1 Å². The first-order valence-electron chi connectivity index (χ1n) is 6.53. The Kier molecular flexibility index (Phi) is 5.64. The van der Waals surface area contributed by atoms with Gasteiger partial charge in [-0.2, -0.15) is 0 Å². The van der Waals surface area contributed by atoms with E-state index in [1.165, 1.54) is 4.90 Å². The largest absolute Gasteiger partial charge is 0.389 e. The van der Waals surface area contributed by atoms with E-state index in [1.807, 2.05) is 13.8 Å². The predicted molar refractivity (Wildman–Crippen MR) is 78.0 cm³/mol. The first-order valence-corrected chi connectivity index (χ1v) is 7.41. The van der Waals surface area contributed by atoms with Crippen LogP contribution in [0.15, 0.2) is 5.38 Å². The van der Waals surface area contributed by atoms with Crippen LogP contribution in [0.25, 0.3) is 0 Å². The fourth-order valence-electron chi connectivity index (χ4n) is 1.66. The third kappa shape index (κ3) is 4.57. The van der Waals surface area contributed by atoms with E-state index in [2.05, 4.69) is 10.3 Å². The summed E-state index contributed by atoms with van der Waals surface area (Å²) in [7, 11) is 0. The fraction of sp³-hybridized carbons (Fsp3) is 0.615. The highest BCUT2D eigenvalue weighted by Gasteiger charge is 2.24. The Morgan fingerprint density at radius 1 is 1.45 bits per heavy atom. The quantitative estimate of drug-likeness (QED) is 0.825. The van der Waals surface area contributed by atoms with Gasteiger partial charge in [-0.15, -0.1) is 11.3 Å². The van der Waals surface area contributed by atoms with Crippen LogP contribution in [0.1, 0.15) is 48.0 Å². The summed E-state index contributed by atoms with van der Waals surface area (Å²) in [6, 6.07) is 0. The van der Waals surface area contributed by atoms with Gasteiger partial charge in [-0.1, -0.05) is 0 Å². The van der Waals surface area contributed by atoms with Crippen LogP contribution in [-0.2, 0) is 0 Å². The first kappa shape index (κ1) is 16.6. The molecule has 7 heteroatoms. The predicted octanol–water partition coefficient (Wildman–Crippen LogP) is 1.13. The monoisotopic (exact) mass is 299 g/mol. The fourth-order valence-corrected chi connectivity index (χ4v) is 2.42. The van der Waals surface area contributed by atoms with Crippen molar-refractivity contribution in [3.8, 4) is 0 Å². The summed E-state index contributed by atoms with van der Waals surface area (Å²) in [5.41, 5.74) is -0.717. The van der Waals surface area contributed by atoms with Gasteiger partial charge in [0.25, 0.3) is 11.8 Å². The Balaban J connectivity index is 2.83. The molecule has 0 aromatic carbocycles. The molecule has 2 amide bonds. The number of amides is 2. The number of nitrogens with zero attached hydrogens (tertiary/aromatic N) is 2. The molecule has 1 aromatic rings. The zero-order valence-electron chi connectivity index (χ0n) is 12.3. The average Bonchev–Trinajstić information content (AvgIpc) is 2.84. The molecule has 0 atom stereocenters. The van der Waals surface area contributed by atoms with Crippen molar-refractivity contribution in [3.63, 3.8) is 0 Å². The van der Waals surface area contributed by atoms with Gasteiger partial charge in [0.1, 0.15) is 5.69 Å². The minimum atomic E-state index is -0.967. The molecule has 0 fully saturated rings. The minimum absolute atomic E-state index is 0.221. The summed E-state index contributed by atoms with van der Waals surface area (Å²) in [5, 5.41) is 14.3. The number of aromatic nitrogens is 1. The summed E-state index contributed by atoms with van der Waals surface area (Å²) in [5.74, 6) is -0.552. The van der Waals surface area contributed by atoms with E-state index < -0.39 is 5.60 Å².